The summed E-state index contributed by atoms with van der Waals surface area (Å²) in [7, 11) is 1.61. The van der Waals surface area contributed by atoms with Crippen LogP contribution in [0.5, 0.6) is 0 Å². The predicted molar refractivity (Wildman–Crippen MR) is 115 cm³/mol. The minimum Gasteiger partial charge on any atom is -0.375 e. The number of likely N-dealkylation sites (tertiary alicyclic amines) is 1. The lowest BCUT2D eigenvalue weighted by Crippen LogP contribution is -2.50. The first-order chi connectivity index (χ1) is 12.5. The number of urea groups is 1. The lowest BCUT2D eigenvalue weighted by atomic mass is 10.1. The molecule has 1 aromatic carbocycles. The van der Waals surface area contributed by atoms with E-state index in [-0.39, 0.29) is 48.0 Å². The first kappa shape index (κ1) is 23.4. The van der Waals surface area contributed by atoms with E-state index in [0.29, 0.717) is 25.6 Å². The number of piperidine rings is 1. The Bertz CT molecular complexity index is 606. The van der Waals surface area contributed by atoms with Crippen molar-refractivity contribution >= 4 is 36.0 Å². The number of methoxy groups -OCH3 is 1. The third-order valence-corrected chi connectivity index (χ3v) is 4.43. The number of nitrogens with one attached hydrogen (secondary N) is 2. The number of nitrogens with zero attached hydrogens (tertiary/aromatic N) is 2. The molecule has 1 atom stereocenters. The van der Waals surface area contributed by atoms with Crippen LogP contribution < -0.4 is 16.4 Å². The number of nitrogens with two attached hydrogens (primary N) is 1. The molecule has 0 saturated carbocycles. The van der Waals surface area contributed by atoms with Gasteiger partial charge in [-0.05, 0) is 37.5 Å². The zero-order chi connectivity index (χ0) is 18.9. The number of benzene rings is 1. The molecular weight excluding hydrogens is 464 g/mol. The molecule has 0 aromatic heterocycles. The normalized spacial score (nSPS) is 16.4. The van der Waals surface area contributed by atoms with Gasteiger partial charge in [0.05, 0.1) is 6.54 Å². The fraction of sp³-hybridized carbons (Fsp3) is 0.556. The van der Waals surface area contributed by atoms with Crippen LogP contribution in [0.2, 0.25) is 0 Å². The SMILES string of the molecule is CCNC(=NCC(OC)c1ccc(F)cc1)NC1CCN(C(N)=O)CC1.I. The number of carbonyl (C=O) groups is 1. The van der Waals surface area contributed by atoms with Gasteiger partial charge in [-0.3, -0.25) is 4.99 Å². The van der Waals surface area contributed by atoms with Crippen LogP contribution in [-0.4, -0.2) is 56.2 Å². The predicted octanol–water partition coefficient (Wildman–Crippen LogP) is 2.23. The lowest BCUT2D eigenvalue weighted by Gasteiger charge is -2.32. The summed E-state index contributed by atoms with van der Waals surface area (Å²) < 4.78 is 18.6. The van der Waals surface area contributed by atoms with Crippen LogP contribution in [0.3, 0.4) is 0 Å². The Morgan fingerprint density at radius 2 is 2.00 bits per heavy atom. The Kier molecular flexibility index (Phi) is 10.4. The molecule has 1 aliphatic heterocycles. The van der Waals surface area contributed by atoms with Gasteiger partial charge in [-0.1, -0.05) is 12.1 Å². The average Bonchev–Trinajstić information content (AvgIpc) is 2.64. The van der Waals surface area contributed by atoms with Crippen molar-refractivity contribution in [2.45, 2.75) is 31.9 Å². The molecule has 1 aromatic rings. The monoisotopic (exact) mass is 493 g/mol. The number of rotatable bonds is 6. The maximum Gasteiger partial charge on any atom is 0.314 e. The van der Waals surface area contributed by atoms with Crippen molar-refractivity contribution in [3.8, 4) is 0 Å². The number of carbonyl (C=O) groups excluding carboxylic acids is 1. The second kappa shape index (κ2) is 12.0. The third kappa shape index (κ3) is 7.49. The van der Waals surface area contributed by atoms with Crippen molar-refractivity contribution in [3.63, 3.8) is 0 Å². The van der Waals surface area contributed by atoms with Crippen LogP contribution in [0, 0.1) is 5.82 Å². The van der Waals surface area contributed by atoms with Crippen LogP contribution in [-0.2, 0) is 4.74 Å². The molecule has 1 aliphatic rings. The number of ether oxygens (including phenoxy) is 1. The quantitative estimate of drug-likeness (QED) is 0.322. The van der Waals surface area contributed by atoms with Crippen LogP contribution in [0.15, 0.2) is 29.3 Å². The van der Waals surface area contributed by atoms with Gasteiger partial charge in [0, 0.05) is 32.8 Å². The number of primary amides is 1. The molecule has 1 heterocycles. The standard InChI is InChI=1S/C18H28FN5O2.HI/c1-3-21-18(23-15-8-10-24(11-9-15)17(20)25)22-12-16(26-2)13-4-6-14(19)7-5-13;/h4-7,15-16H,3,8-12H2,1-2H3,(H2,20,25)(H2,21,22,23);1H. The first-order valence-corrected chi connectivity index (χ1v) is 8.91. The summed E-state index contributed by atoms with van der Waals surface area (Å²) in [5, 5.41) is 6.62. The average molecular weight is 493 g/mol. The Hall–Kier alpha value is -1.62. The fourth-order valence-corrected chi connectivity index (χ4v) is 2.93. The molecule has 7 nitrogen and oxygen atoms in total. The molecule has 4 N–H and O–H groups in total. The van der Waals surface area contributed by atoms with Gasteiger partial charge >= 0.3 is 6.03 Å². The molecule has 152 valence electrons. The van der Waals surface area contributed by atoms with Crippen molar-refractivity contribution in [2.24, 2.45) is 10.7 Å². The summed E-state index contributed by atoms with van der Waals surface area (Å²) in [5.41, 5.74) is 6.19. The zero-order valence-corrected chi connectivity index (χ0v) is 18.1. The van der Waals surface area contributed by atoms with Gasteiger partial charge in [0.1, 0.15) is 11.9 Å². The second-order valence-electron chi connectivity index (χ2n) is 6.24. The number of aliphatic imine (C=N–C) groups is 1. The molecule has 0 aliphatic carbocycles. The van der Waals surface area contributed by atoms with E-state index in [1.807, 2.05) is 6.92 Å². The van der Waals surface area contributed by atoms with E-state index in [0.717, 1.165) is 24.9 Å². The Morgan fingerprint density at radius 1 is 1.37 bits per heavy atom. The van der Waals surface area contributed by atoms with E-state index < -0.39 is 0 Å². The van der Waals surface area contributed by atoms with E-state index in [9.17, 15) is 9.18 Å². The van der Waals surface area contributed by atoms with Gasteiger partial charge in [0.25, 0.3) is 0 Å². The highest BCUT2D eigenvalue weighted by molar-refractivity contribution is 14.0. The summed E-state index contributed by atoms with van der Waals surface area (Å²) >= 11 is 0. The lowest BCUT2D eigenvalue weighted by molar-refractivity contribution is 0.110. The Morgan fingerprint density at radius 3 is 2.52 bits per heavy atom. The molecule has 27 heavy (non-hydrogen) atoms. The number of amides is 2. The largest absolute Gasteiger partial charge is 0.375 e. The van der Waals surface area contributed by atoms with Gasteiger partial charge in [-0.25, -0.2) is 9.18 Å². The summed E-state index contributed by atoms with van der Waals surface area (Å²) in [6.45, 7) is 4.43. The number of hydrogen-bond donors (Lipinski definition) is 3. The van der Waals surface area contributed by atoms with Crippen LogP contribution >= 0.6 is 24.0 Å². The highest BCUT2D eigenvalue weighted by Crippen LogP contribution is 2.17. The van der Waals surface area contributed by atoms with Crippen molar-refractivity contribution in [3.05, 3.63) is 35.6 Å². The molecule has 0 bridgehead atoms. The Labute approximate surface area is 176 Å². The van der Waals surface area contributed by atoms with Crippen molar-refractivity contribution in [1.29, 1.82) is 0 Å². The summed E-state index contributed by atoms with van der Waals surface area (Å²) in [4.78, 5) is 17.5. The fourth-order valence-electron chi connectivity index (χ4n) is 2.93. The topological polar surface area (TPSA) is 92.0 Å². The maximum atomic E-state index is 13.1. The van der Waals surface area contributed by atoms with Gasteiger partial charge in [-0.15, -0.1) is 24.0 Å². The summed E-state index contributed by atoms with van der Waals surface area (Å²) in [5.74, 6) is 0.429. The second-order valence-corrected chi connectivity index (χ2v) is 6.24. The molecule has 1 fully saturated rings. The third-order valence-electron chi connectivity index (χ3n) is 4.43. The smallest absolute Gasteiger partial charge is 0.314 e. The van der Waals surface area contributed by atoms with Crippen LogP contribution in [0.1, 0.15) is 31.4 Å². The minimum absolute atomic E-state index is 0. The number of hydrogen-bond acceptors (Lipinski definition) is 3. The summed E-state index contributed by atoms with van der Waals surface area (Å²) in [6.07, 6.45) is 1.39. The van der Waals surface area contributed by atoms with E-state index in [4.69, 9.17) is 10.5 Å². The molecule has 9 heteroatoms. The van der Waals surface area contributed by atoms with E-state index >= 15 is 0 Å². The minimum atomic E-state index is -0.369. The maximum absolute atomic E-state index is 13.1. The summed E-state index contributed by atoms with van der Waals surface area (Å²) in [6, 6.07) is 6.11. The van der Waals surface area contributed by atoms with E-state index in [1.54, 1.807) is 24.1 Å². The molecular formula is C18H29FIN5O2. The van der Waals surface area contributed by atoms with Gasteiger partial charge in [-0.2, -0.15) is 0 Å². The molecule has 0 radical (unpaired) electrons. The van der Waals surface area contributed by atoms with Gasteiger partial charge in [0.15, 0.2) is 5.96 Å². The molecule has 1 saturated heterocycles. The van der Waals surface area contributed by atoms with Crippen molar-refractivity contribution < 1.29 is 13.9 Å². The van der Waals surface area contributed by atoms with E-state index in [2.05, 4.69) is 15.6 Å². The van der Waals surface area contributed by atoms with Gasteiger partial charge < -0.3 is 26.0 Å². The highest BCUT2D eigenvalue weighted by Gasteiger charge is 2.22. The van der Waals surface area contributed by atoms with Crippen LogP contribution in [0.4, 0.5) is 9.18 Å². The molecule has 2 amide bonds. The zero-order valence-electron chi connectivity index (χ0n) is 15.8. The molecule has 2 rings (SSSR count). The number of halogens is 2. The Balaban J connectivity index is 0.00000364. The van der Waals surface area contributed by atoms with Crippen molar-refractivity contribution in [2.75, 3.05) is 33.3 Å². The molecule has 1 unspecified atom stereocenters. The van der Waals surface area contributed by atoms with E-state index in [1.165, 1.54) is 12.1 Å². The van der Waals surface area contributed by atoms with Crippen molar-refractivity contribution in [1.82, 2.24) is 15.5 Å². The highest BCUT2D eigenvalue weighted by atomic mass is 127. The van der Waals surface area contributed by atoms with Crippen LogP contribution in [0.25, 0.3) is 0 Å². The molecule has 0 spiro atoms. The van der Waals surface area contributed by atoms with Gasteiger partial charge in [0.2, 0.25) is 0 Å². The number of guanidine groups is 1. The first-order valence-electron chi connectivity index (χ1n) is 8.91.